The van der Waals surface area contributed by atoms with Gasteiger partial charge in [0.25, 0.3) is 0 Å². The lowest BCUT2D eigenvalue weighted by molar-refractivity contribution is -0.137. The molecule has 2 amide bonds. The van der Waals surface area contributed by atoms with Gasteiger partial charge in [0.05, 0.1) is 0 Å². The van der Waals surface area contributed by atoms with Gasteiger partial charge >= 0.3 is 0 Å². The molecule has 1 heterocycles. The number of hydrogen-bond acceptors (Lipinski definition) is 3. The van der Waals surface area contributed by atoms with Crippen molar-refractivity contribution in [2.75, 3.05) is 26.2 Å². The van der Waals surface area contributed by atoms with Crippen molar-refractivity contribution < 1.29 is 9.59 Å². The maximum Gasteiger partial charge on any atom is 0.244 e. The van der Waals surface area contributed by atoms with Gasteiger partial charge in [-0.15, -0.1) is 0 Å². The van der Waals surface area contributed by atoms with E-state index < -0.39 is 6.04 Å². The van der Waals surface area contributed by atoms with Crippen LogP contribution in [0, 0.1) is 0 Å². The Morgan fingerprint density at radius 2 is 1.77 bits per heavy atom. The molecule has 1 aromatic rings. The first-order chi connectivity index (χ1) is 10.6. The fourth-order valence-corrected chi connectivity index (χ4v) is 2.65. The van der Waals surface area contributed by atoms with Crippen LogP contribution >= 0.6 is 0 Å². The molecule has 5 heteroatoms. The molecule has 0 spiro atoms. The van der Waals surface area contributed by atoms with Crippen molar-refractivity contribution in [2.45, 2.75) is 32.9 Å². The summed E-state index contributed by atoms with van der Waals surface area (Å²) in [4.78, 5) is 27.9. The number of benzene rings is 1. The second-order valence-corrected chi connectivity index (χ2v) is 5.73. The van der Waals surface area contributed by atoms with E-state index in [1.807, 2.05) is 23.1 Å². The van der Waals surface area contributed by atoms with Crippen LogP contribution in [0.25, 0.3) is 0 Å². The van der Waals surface area contributed by atoms with Crippen molar-refractivity contribution >= 4 is 11.8 Å². The Labute approximate surface area is 132 Å². The third-order valence-corrected chi connectivity index (χ3v) is 4.00. The Morgan fingerprint density at radius 1 is 1.14 bits per heavy atom. The van der Waals surface area contributed by atoms with E-state index in [4.69, 9.17) is 0 Å². The molecular weight excluding hydrogens is 278 g/mol. The minimum Gasteiger partial charge on any atom is -0.345 e. The van der Waals surface area contributed by atoms with Gasteiger partial charge in [0.15, 0.2) is 0 Å². The molecule has 1 atom stereocenters. The molecule has 1 aliphatic rings. The zero-order valence-electron chi connectivity index (χ0n) is 13.4. The first-order valence-corrected chi connectivity index (χ1v) is 7.94. The molecule has 1 aliphatic heterocycles. The van der Waals surface area contributed by atoms with Crippen LogP contribution in [0.3, 0.4) is 0 Å². The molecule has 0 bridgehead atoms. The Bertz CT molecular complexity index is 496. The first kappa shape index (κ1) is 16.5. The SMILES string of the molecule is CCC(=O)NC(C)C(=O)N1CCN(Cc2ccccc2)CC1. The van der Waals surface area contributed by atoms with Crippen LogP contribution in [0.1, 0.15) is 25.8 Å². The third-order valence-electron chi connectivity index (χ3n) is 4.00. The largest absolute Gasteiger partial charge is 0.345 e. The van der Waals surface area contributed by atoms with E-state index in [9.17, 15) is 9.59 Å². The maximum absolute atomic E-state index is 12.3. The summed E-state index contributed by atoms with van der Waals surface area (Å²) >= 11 is 0. The highest BCUT2D eigenvalue weighted by molar-refractivity contribution is 5.87. The van der Waals surface area contributed by atoms with Crippen LogP contribution in [0.2, 0.25) is 0 Å². The van der Waals surface area contributed by atoms with Gasteiger partial charge < -0.3 is 10.2 Å². The average Bonchev–Trinajstić information content (AvgIpc) is 2.55. The number of carbonyl (C=O) groups excluding carboxylic acids is 2. The molecule has 0 radical (unpaired) electrons. The van der Waals surface area contributed by atoms with Crippen LogP contribution < -0.4 is 5.32 Å². The molecule has 5 nitrogen and oxygen atoms in total. The fourth-order valence-electron chi connectivity index (χ4n) is 2.65. The van der Waals surface area contributed by atoms with Gasteiger partial charge in [0.2, 0.25) is 11.8 Å². The summed E-state index contributed by atoms with van der Waals surface area (Å²) in [5, 5.41) is 2.73. The van der Waals surface area contributed by atoms with E-state index in [1.54, 1.807) is 13.8 Å². The van der Waals surface area contributed by atoms with Crippen molar-refractivity contribution in [2.24, 2.45) is 0 Å². The van der Waals surface area contributed by atoms with Gasteiger partial charge in [0.1, 0.15) is 6.04 Å². The fraction of sp³-hybridized carbons (Fsp3) is 0.529. The summed E-state index contributed by atoms with van der Waals surface area (Å²) in [7, 11) is 0. The van der Waals surface area contributed by atoms with Crippen molar-refractivity contribution in [1.29, 1.82) is 0 Å². The Kier molecular flexibility index (Phi) is 5.95. The predicted octanol–water partition coefficient (Wildman–Crippen LogP) is 1.25. The van der Waals surface area contributed by atoms with E-state index in [0.29, 0.717) is 6.42 Å². The van der Waals surface area contributed by atoms with Crippen molar-refractivity contribution in [3.63, 3.8) is 0 Å². The van der Waals surface area contributed by atoms with Crippen LogP contribution in [0.15, 0.2) is 30.3 Å². The quantitative estimate of drug-likeness (QED) is 0.890. The van der Waals surface area contributed by atoms with Crippen LogP contribution in [-0.2, 0) is 16.1 Å². The minimum atomic E-state index is -0.437. The molecule has 1 fully saturated rings. The molecule has 2 rings (SSSR count). The summed E-state index contributed by atoms with van der Waals surface area (Å²) in [6, 6.07) is 9.93. The minimum absolute atomic E-state index is 0.0150. The van der Waals surface area contributed by atoms with Gasteiger partial charge in [-0.3, -0.25) is 14.5 Å². The van der Waals surface area contributed by atoms with Gasteiger partial charge in [-0.2, -0.15) is 0 Å². The summed E-state index contributed by atoms with van der Waals surface area (Å²) in [6.07, 6.45) is 0.405. The number of nitrogens with zero attached hydrogens (tertiary/aromatic N) is 2. The van der Waals surface area contributed by atoms with Gasteiger partial charge in [0, 0.05) is 39.1 Å². The summed E-state index contributed by atoms with van der Waals surface area (Å²) in [5.74, 6) is -0.0651. The number of hydrogen-bond donors (Lipinski definition) is 1. The molecule has 0 aliphatic carbocycles. The van der Waals surface area contributed by atoms with Crippen LogP contribution in [0.5, 0.6) is 0 Å². The van der Waals surface area contributed by atoms with Crippen LogP contribution in [-0.4, -0.2) is 53.8 Å². The molecule has 0 aromatic heterocycles. The second-order valence-electron chi connectivity index (χ2n) is 5.73. The van der Waals surface area contributed by atoms with Crippen molar-refractivity contribution in [1.82, 2.24) is 15.1 Å². The molecule has 1 saturated heterocycles. The van der Waals surface area contributed by atoms with Gasteiger partial charge in [-0.05, 0) is 12.5 Å². The zero-order valence-corrected chi connectivity index (χ0v) is 13.4. The summed E-state index contributed by atoms with van der Waals surface area (Å²) in [5.41, 5.74) is 1.30. The standard InChI is InChI=1S/C17H25N3O2/c1-3-16(21)18-14(2)17(22)20-11-9-19(10-12-20)13-15-7-5-4-6-8-15/h4-8,14H,3,9-13H2,1-2H3,(H,18,21). The normalized spacial score (nSPS) is 17.1. The Hall–Kier alpha value is -1.88. The van der Waals surface area contributed by atoms with Crippen LogP contribution in [0.4, 0.5) is 0 Å². The molecule has 0 saturated carbocycles. The Balaban J connectivity index is 1.79. The highest BCUT2D eigenvalue weighted by Gasteiger charge is 2.25. The summed E-state index contributed by atoms with van der Waals surface area (Å²) < 4.78 is 0. The first-order valence-electron chi connectivity index (χ1n) is 7.94. The van der Waals surface area contributed by atoms with Gasteiger partial charge in [-0.25, -0.2) is 0 Å². The number of piperazine rings is 1. The van der Waals surface area contributed by atoms with E-state index in [-0.39, 0.29) is 11.8 Å². The number of nitrogens with one attached hydrogen (secondary N) is 1. The second kappa shape index (κ2) is 7.94. The average molecular weight is 303 g/mol. The topological polar surface area (TPSA) is 52.7 Å². The van der Waals surface area contributed by atoms with E-state index in [2.05, 4.69) is 22.3 Å². The highest BCUT2D eigenvalue weighted by atomic mass is 16.2. The molecule has 1 N–H and O–H groups in total. The molecular formula is C17H25N3O2. The molecule has 120 valence electrons. The predicted molar refractivity (Wildman–Crippen MR) is 86.2 cm³/mol. The van der Waals surface area contributed by atoms with Crippen molar-refractivity contribution in [3.8, 4) is 0 Å². The van der Waals surface area contributed by atoms with Crippen molar-refractivity contribution in [3.05, 3.63) is 35.9 Å². The van der Waals surface area contributed by atoms with E-state index in [0.717, 1.165) is 32.7 Å². The smallest absolute Gasteiger partial charge is 0.244 e. The summed E-state index contributed by atoms with van der Waals surface area (Å²) in [6.45, 7) is 7.65. The third kappa shape index (κ3) is 4.56. The molecule has 22 heavy (non-hydrogen) atoms. The number of rotatable bonds is 5. The monoisotopic (exact) mass is 303 g/mol. The number of amides is 2. The maximum atomic E-state index is 12.3. The lowest BCUT2D eigenvalue weighted by atomic mass is 10.2. The van der Waals surface area contributed by atoms with Gasteiger partial charge in [-0.1, -0.05) is 37.3 Å². The molecule has 1 aromatic carbocycles. The lowest BCUT2D eigenvalue weighted by Gasteiger charge is -2.36. The number of carbonyl (C=O) groups is 2. The Morgan fingerprint density at radius 3 is 2.36 bits per heavy atom. The zero-order chi connectivity index (χ0) is 15.9. The van der Waals surface area contributed by atoms with E-state index >= 15 is 0 Å². The highest BCUT2D eigenvalue weighted by Crippen LogP contribution is 2.09. The van der Waals surface area contributed by atoms with E-state index in [1.165, 1.54) is 5.56 Å². The molecule has 1 unspecified atom stereocenters. The lowest BCUT2D eigenvalue weighted by Crippen LogP contribution is -2.53.